The van der Waals surface area contributed by atoms with E-state index in [1.807, 2.05) is 18.2 Å². The largest absolute Gasteiger partial charge is 0.488 e. The van der Waals surface area contributed by atoms with E-state index in [4.69, 9.17) is 9.47 Å². The number of hydrogen-bond acceptors (Lipinski definition) is 2. The Hall–Kier alpha value is -0.0600. The molecule has 1 aromatic rings. The van der Waals surface area contributed by atoms with Crippen LogP contribution in [-0.2, 0) is 4.74 Å². The zero-order valence-corrected chi connectivity index (χ0v) is 11.4. The average molecular weight is 336 g/mol. The molecule has 1 atom stereocenters. The van der Waals surface area contributed by atoms with Gasteiger partial charge in [0.2, 0.25) is 0 Å². The summed E-state index contributed by atoms with van der Waals surface area (Å²) in [6.07, 6.45) is 2.35. The minimum atomic E-state index is 0.194. The quantitative estimate of drug-likeness (QED) is 0.819. The van der Waals surface area contributed by atoms with E-state index in [1.54, 1.807) is 0 Å². The maximum Gasteiger partial charge on any atom is 0.122 e. The van der Waals surface area contributed by atoms with Gasteiger partial charge in [-0.15, -0.1) is 0 Å². The van der Waals surface area contributed by atoms with E-state index >= 15 is 0 Å². The maximum absolute atomic E-state index is 5.83. The molecule has 0 spiro atoms. The van der Waals surface area contributed by atoms with Crippen LogP contribution in [0.5, 0.6) is 5.75 Å². The van der Waals surface area contributed by atoms with Gasteiger partial charge in [0, 0.05) is 15.6 Å². The van der Waals surface area contributed by atoms with E-state index in [-0.39, 0.29) is 6.10 Å². The lowest BCUT2D eigenvalue weighted by Crippen LogP contribution is -2.27. The number of hydrogen-bond donors (Lipinski definition) is 0. The van der Waals surface area contributed by atoms with Gasteiger partial charge in [-0.1, -0.05) is 31.9 Å². The summed E-state index contributed by atoms with van der Waals surface area (Å²) < 4.78 is 13.2. The first-order valence-corrected chi connectivity index (χ1v) is 6.53. The molecule has 0 aromatic heterocycles. The molecular formula is C11H12Br2O2. The molecule has 0 aliphatic carbocycles. The summed E-state index contributed by atoms with van der Waals surface area (Å²) in [6, 6.07) is 5.93. The van der Waals surface area contributed by atoms with Crippen LogP contribution < -0.4 is 4.74 Å². The van der Waals surface area contributed by atoms with Gasteiger partial charge in [0.05, 0.1) is 6.61 Å². The van der Waals surface area contributed by atoms with Gasteiger partial charge in [-0.3, -0.25) is 0 Å². The van der Waals surface area contributed by atoms with Crippen molar-refractivity contribution in [3.63, 3.8) is 0 Å². The molecule has 1 heterocycles. The molecule has 0 saturated carbocycles. The van der Waals surface area contributed by atoms with Crippen LogP contribution in [-0.4, -0.2) is 19.3 Å². The van der Waals surface area contributed by atoms with Gasteiger partial charge in [0.1, 0.15) is 11.9 Å². The zero-order chi connectivity index (χ0) is 10.7. The number of benzene rings is 1. The van der Waals surface area contributed by atoms with E-state index in [1.165, 1.54) is 0 Å². The van der Waals surface area contributed by atoms with Crippen molar-refractivity contribution in [1.29, 1.82) is 0 Å². The highest BCUT2D eigenvalue weighted by atomic mass is 79.9. The Kier molecular flexibility index (Phi) is 4.05. The molecule has 0 bridgehead atoms. The second kappa shape index (κ2) is 5.32. The van der Waals surface area contributed by atoms with Gasteiger partial charge in [0.15, 0.2) is 0 Å². The zero-order valence-electron chi connectivity index (χ0n) is 8.21. The molecule has 82 valence electrons. The van der Waals surface area contributed by atoms with Crippen molar-refractivity contribution in [2.24, 2.45) is 0 Å². The predicted molar refractivity (Wildman–Crippen MR) is 66.3 cm³/mol. The van der Waals surface area contributed by atoms with Gasteiger partial charge in [0.25, 0.3) is 0 Å². The molecule has 15 heavy (non-hydrogen) atoms. The number of rotatable bonds is 2. The van der Waals surface area contributed by atoms with Crippen LogP contribution >= 0.6 is 31.9 Å². The topological polar surface area (TPSA) is 18.5 Å². The molecule has 1 unspecified atom stereocenters. The van der Waals surface area contributed by atoms with Crippen molar-refractivity contribution in [2.75, 3.05) is 13.2 Å². The van der Waals surface area contributed by atoms with Crippen LogP contribution in [0.1, 0.15) is 12.8 Å². The molecular weight excluding hydrogens is 324 g/mol. The van der Waals surface area contributed by atoms with Gasteiger partial charge in [-0.25, -0.2) is 0 Å². The minimum absolute atomic E-state index is 0.194. The monoisotopic (exact) mass is 334 g/mol. The normalized spacial score (nSPS) is 21.3. The summed E-state index contributed by atoms with van der Waals surface area (Å²) in [5.74, 6) is 0.881. The van der Waals surface area contributed by atoms with Gasteiger partial charge in [-0.2, -0.15) is 0 Å². The van der Waals surface area contributed by atoms with E-state index < -0.39 is 0 Å². The Balaban J connectivity index is 2.02. The highest BCUT2D eigenvalue weighted by Gasteiger charge is 2.15. The van der Waals surface area contributed by atoms with Crippen LogP contribution in [0.2, 0.25) is 0 Å². The molecule has 0 N–H and O–H groups in total. The predicted octanol–water partition coefficient (Wildman–Crippen LogP) is 3.77. The summed E-state index contributed by atoms with van der Waals surface area (Å²) >= 11 is 6.87. The molecule has 1 saturated heterocycles. The molecule has 0 amide bonds. The lowest BCUT2D eigenvalue weighted by molar-refractivity contribution is 0.00738. The van der Waals surface area contributed by atoms with E-state index in [0.29, 0.717) is 6.61 Å². The summed E-state index contributed by atoms with van der Waals surface area (Å²) in [7, 11) is 0. The second-order valence-electron chi connectivity index (χ2n) is 3.56. The standard InChI is InChI=1S/C11H12Br2O2/c12-8-4-9(13)6-11(5-8)15-10-2-1-3-14-7-10/h4-6,10H,1-3,7H2. The van der Waals surface area contributed by atoms with Crippen LogP contribution in [0.25, 0.3) is 0 Å². The van der Waals surface area contributed by atoms with Crippen molar-refractivity contribution in [3.8, 4) is 5.75 Å². The molecule has 1 aromatic carbocycles. The fraction of sp³-hybridized carbons (Fsp3) is 0.455. The van der Waals surface area contributed by atoms with Gasteiger partial charge in [-0.05, 0) is 31.0 Å². The summed E-state index contributed by atoms with van der Waals surface area (Å²) in [6.45, 7) is 1.56. The van der Waals surface area contributed by atoms with Crippen LogP contribution in [0, 0.1) is 0 Å². The van der Waals surface area contributed by atoms with Crippen molar-refractivity contribution in [1.82, 2.24) is 0 Å². The molecule has 0 radical (unpaired) electrons. The Labute approximate surface area is 106 Å². The van der Waals surface area contributed by atoms with Crippen molar-refractivity contribution in [2.45, 2.75) is 18.9 Å². The lowest BCUT2D eigenvalue weighted by atomic mass is 10.2. The first-order valence-electron chi connectivity index (χ1n) is 4.94. The highest BCUT2D eigenvalue weighted by Crippen LogP contribution is 2.26. The third-order valence-corrected chi connectivity index (χ3v) is 3.17. The fourth-order valence-corrected chi connectivity index (χ4v) is 2.84. The van der Waals surface area contributed by atoms with E-state index in [2.05, 4.69) is 31.9 Å². The van der Waals surface area contributed by atoms with Crippen LogP contribution in [0.3, 0.4) is 0 Å². The van der Waals surface area contributed by atoms with Crippen LogP contribution in [0.4, 0.5) is 0 Å². The average Bonchev–Trinajstić information content (AvgIpc) is 2.17. The Morgan fingerprint density at radius 2 is 1.93 bits per heavy atom. The third kappa shape index (κ3) is 3.47. The Morgan fingerprint density at radius 3 is 2.53 bits per heavy atom. The van der Waals surface area contributed by atoms with Crippen molar-refractivity contribution >= 4 is 31.9 Å². The first kappa shape index (κ1) is 11.4. The smallest absolute Gasteiger partial charge is 0.122 e. The van der Waals surface area contributed by atoms with Crippen LogP contribution in [0.15, 0.2) is 27.1 Å². The van der Waals surface area contributed by atoms with Crippen molar-refractivity contribution in [3.05, 3.63) is 27.1 Å². The van der Waals surface area contributed by atoms with Crippen molar-refractivity contribution < 1.29 is 9.47 Å². The first-order chi connectivity index (χ1) is 7.24. The summed E-state index contributed by atoms with van der Waals surface area (Å²) in [4.78, 5) is 0. The Bertz CT molecular complexity index is 315. The number of ether oxygens (including phenoxy) is 2. The second-order valence-corrected chi connectivity index (χ2v) is 5.39. The van der Waals surface area contributed by atoms with E-state index in [0.717, 1.165) is 34.1 Å². The molecule has 1 fully saturated rings. The van der Waals surface area contributed by atoms with Gasteiger partial charge >= 0.3 is 0 Å². The fourth-order valence-electron chi connectivity index (χ4n) is 1.59. The lowest BCUT2D eigenvalue weighted by Gasteiger charge is -2.23. The molecule has 2 rings (SSSR count). The Morgan fingerprint density at radius 1 is 1.20 bits per heavy atom. The minimum Gasteiger partial charge on any atom is -0.488 e. The molecule has 1 aliphatic rings. The van der Waals surface area contributed by atoms with Gasteiger partial charge < -0.3 is 9.47 Å². The molecule has 1 aliphatic heterocycles. The summed E-state index contributed by atoms with van der Waals surface area (Å²) in [5.41, 5.74) is 0. The maximum atomic E-state index is 5.83. The third-order valence-electron chi connectivity index (χ3n) is 2.26. The highest BCUT2D eigenvalue weighted by molar-refractivity contribution is 9.11. The summed E-state index contributed by atoms with van der Waals surface area (Å²) in [5, 5.41) is 0. The SMILES string of the molecule is Brc1cc(Br)cc(OC2CCCOC2)c1. The molecule has 4 heteroatoms. The molecule has 2 nitrogen and oxygen atoms in total. The van der Waals surface area contributed by atoms with E-state index in [9.17, 15) is 0 Å². The number of halogens is 2.